The summed E-state index contributed by atoms with van der Waals surface area (Å²) >= 11 is 0. The fourth-order valence-electron chi connectivity index (χ4n) is 7.93. The molecular weight excluding hydrogens is 827 g/mol. The van der Waals surface area contributed by atoms with Crippen molar-refractivity contribution in [2.75, 3.05) is 6.61 Å². The Bertz CT molecular complexity index is 1320. The second kappa shape index (κ2) is 53.7. The minimum atomic E-state index is -0.822. The van der Waals surface area contributed by atoms with Crippen LogP contribution in [0.1, 0.15) is 252 Å². The largest absolute Gasteiger partial charge is 0.461 e. The Labute approximate surface area is 414 Å². The predicted octanol–water partition coefficient (Wildman–Crippen LogP) is 17.3. The molecule has 0 fully saturated rings. The number of aliphatic hydroxyl groups excluding tert-OH is 2. The third-order valence-electron chi connectivity index (χ3n) is 12.1. The predicted molar refractivity (Wildman–Crippen MR) is 291 cm³/mol. The molecule has 0 spiro atoms. The van der Waals surface area contributed by atoms with Gasteiger partial charge in [0.2, 0.25) is 5.91 Å². The Hall–Kier alpha value is -3.22. The third kappa shape index (κ3) is 49.0. The van der Waals surface area contributed by atoms with Crippen molar-refractivity contribution in [3.8, 4) is 0 Å². The van der Waals surface area contributed by atoms with Crippen LogP contribution in [0.25, 0.3) is 0 Å². The Kier molecular flexibility index (Phi) is 51.1. The van der Waals surface area contributed by atoms with Crippen LogP contribution in [-0.2, 0) is 14.3 Å². The topological polar surface area (TPSA) is 95.9 Å². The van der Waals surface area contributed by atoms with Crippen LogP contribution < -0.4 is 5.32 Å². The fraction of sp³-hybridized carbons (Fsp3) is 0.705. The standard InChI is InChI=1S/C61H105NO5/c1-4-7-10-13-16-19-22-25-28-30-33-36-39-42-45-48-51-54-61(66)67-57(52-49-46-43-40-37-34-31-27-24-21-18-15-12-9-6-3)55-60(65)62-58(56-63)59(64)53-50-47-44-41-38-35-32-29-26-23-20-17-14-11-8-5-2/h9,12,16,18-19,21,25,27-28,31,33,36-37,40,46,49,57-59,63-64H,4-8,10-11,13-15,17,20,22-24,26,29-30,32,34-35,38-39,41-45,47-48,50-56H2,1-3H3,(H,62,65)/b12-9-,19-16-,21-18-,28-25-,31-27-,36-33-,40-37-,49-46-. The molecule has 0 aromatic heterocycles. The summed E-state index contributed by atoms with van der Waals surface area (Å²) in [6.45, 7) is 6.32. The number of rotatable bonds is 49. The molecule has 0 saturated carbocycles. The summed E-state index contributed by atoms with van der Waals surface area (Å²) in [5.74, 6) is -0.608. The molecule has 6 nitrogen and oxygen atoms in total. The summed E-state index contributed by atoms with van der Waals surface area (Å²) in [5.41, 5.74) is 0. The van der Waals surface area contributed by atoms with Crippen LogP contribution in [0.15, 0.2) is 97.2 Å². The van der Waals surface area contributed by atoms with Crippen molar-refractivity contribution in [1.29, 1.82) is 0 Å². The number of unbranched alkanes of at least 4 members (excludes halogenated alkanes) is 22. The molecule has 0 aliphatic carbocycles. The van der Waals surface area contributed by atoms with E-state index in [1.54, 1.807) is 0 Å². The summed E-state index contributed by atoms with van der Waals surface area (Å²) in [7, 11) is 0. The molecule has 0 saturated heterocycles. The molecule has 3 unspecified atom stereocenters. The summed E-state index contributed by atoms with van der Waals surface area (Å²) in [5, 5.41) is 23.8. The molecule has 6 heteroatoms. The van der Waals surface area contributed by atoms with Gasteiger partial charge in [-0.05, 0) is 83.5 Å². The molecule has 0 aliphatic heterocycles. The molecule has 384 valence electrons. The van der Waals surface area contributed by atoms with Gasteiger partial charge in [0.05, 0.1) is 25.2 Å². The van der Waals surface area contributed by atoms with Gasteiger partial charge in [-0.3, -0.25) is 9.59 Å². The molecular formula is C61H105NO5. The maximum absolute atomic E-state index is 13.2. The molecule has 0 aromatic rings. The SMILES string of the molecule is CC/C=C\C/C=C\C/C=C\C/C=C\C/C=C\CC(CC(=O)NC(CO)C(O)CCCCCCCCCCCCCCCCCC)OC(=O)CCCCCC/C=C\C/C=C\C/C=C\CCCCC. The van der Waals surface area contributed by atoms with Gasteiger partial charge in [0, 0.05) is 12.8 Å². The van der Waals surface area contributed by atoms with Crippen LogP contribution >= 0.6 is 0 Å². The highest BCUT2D eigenvalue weighted by Gasteiger charge is 2.23. The van der Waals surface area contributed by atoms with Gasteiger partial charge in [-0.15, -0.1) is 0 Å². The van der Waals surface area contributed by atoms with Crippen molar-refractivity contribution in [3.05, 3.63) is 97.2 Å². The number of carbonyl (C=O) groups is 2. The van der Waals surface area contributed by atoms with Crippen LogP contribution in [0, 0.1) is 0 Å². The van der Waals surface area contributed by atoms with Gasteiger partial charge in [0.25, 0.3) is 0 Å². The van der Waals surface area contributed by atoms with E-state index in [4.69, 9.17) is 4.74 Å². The lowest BCUT2D eigenvalue weighted by molar-refractivity contribution is -0.150. The Morgan fingerprint density at radius 2 is 0.836 bits per heavy atom. The molecule has 0 radical (unpaired) electrons. The normalized spacial score (nSPS) is 13.9. The highest BCUT2D eigenvalue weighted by atomic mass is 16.5. The highest BCUT2D eigenvalue weighted by molar-refractivity contribution is 5.77. The zero-order valence-corrected chi connectivity index (χ0v) is 43.8. The number of amides is 1. The smallest absolute Gasteiger partial charge is 0.306 e. The number of hydrogen-bond acceptors (Lipinski definition) is 5. The maximum Gasteiger partial charge on any atom is 0.306 e. The molecule has 1 amide bonds. The van der Waals surface area contributed by atoms with Crippen LogP contribution in [-0.4, -0.2) is 46.9 Å². The molecule has 0 aromatic carbocycles. The van der Waals surface area contributed by atoms with E-state index in [0.717, 1.165) is 96.3 Å². The molecule has 0 aliphatic rings. The number of ether oxygens (including phenoxy) is 1. The molecule has 67 heavy (non-hydrogen) atoms. The van der Waals surface area contributed by atoms with E-state index >= 15 is 0 Å². The van der Waals surface area contributed by atoms with Gasteiger partial charge in [0.1, 0.15) is 6.10 Å². The van der Waals surface area contributed by atoms with Crippen LogP contribution in [0.5, 0.6) is 0 Å². The second-order valence-electron chi connectivity index (χ2n) is 18.6. The lowest BCUT2D eigenvalue weighted by Gasteiger charge is -2.24. The molecule has 0 bridgehead atoms. The minimum Gasteiger partial charge on any atom is -0.461 e. The average Bonchev–Trinajstić information content (AvgIpc) is 3.32. The van der Waals surface area contributed by atoms with Crippen molar-refractivity contribution in [1.82, 2.24) is 5.32 Å². The summed E-state index contributed by atoms with van der Waals surface area (Å²) < 4.78 is 5.87. The number of carbonyl (C=O) groups excluding carboxylic acids is 2. The van der Waals surface area contributed by atoms with Crippen molar-refractivity contribution in [2.45, 2.75) is 270 Å². The first kappa shape index (κ1) is 63.8. The average molecular weight is 933 g/mol. The number of aliphatic hydroxyl groups is 2. The third-order valence-corrected chi connectivity index (χ3v) is 12.1. The second-order valence-corrected chi connectivity index (χ2v) is 18.6. The first-order chi connectivity index (χ1) is 33.0. The quantitative estimate of drug-likeness (QED) is 0.0321. The molecule has 3 atom stereocenters. The number of hydrogen-bond donors (Lipinski definition) is 3. The summed E-state index contributed by atoms with van der Waals surface area (Å²) in [6.07, 6.45) is 72.0. The monoisotopic (exact) mass is 932 g/mol. The van der Waals surface area contributed by atoms with E-state index < -0.39 is 18.2 Å². The number of allylic oxidation sites excluding steroid dienone is 15. The fourth-order valence-corrected chi connectivity index (χ4v) is 7.93. The van der Waals surface area contributed by atoms with E-state index in [1.165, 1.54) is 109 Å². The minimum absolute atomic E-state index is 0.0143. The van der Waals surface area contributed by atoms with Crippen molar-refractivity contribution in [2.24, 2.45) is 0 Å². The molecule has 0 heterocycles. The van der Waals surface area contributed by atoms with Crippen molar-refractivity contribution >= 4 is 11.9 Å². The van der Waals surface area contributed by atoms with E-state index in [0.29, 0.717) is 19.3 Å². The number of nitrogens with one attached hydrogen (secondary N) is 1. The van der Waals surface area contributed by atoms with Crippen molar-refractivity contribution < 1.29 is 24.5 Å². The van der Waals surface area contributed by atoms with E-state index in [9.17, 15) is 19.8 Å². The first-order valence-corrected chi connectivity index (χ1v) is 28.0. The van der Waals surface area contributed by atoms with E-state index in [2.05, 4.69) is 111 Å². The van der Waals surface area contributed by atoms with Gasteiger partial charge in [-0.25, -0.2) is 0 Å². The van der Waals surface area contributed by atoms with E-state index in [1.807, 2.05) is 12.2 Å². The summed E-state index contributed by atoms with van der Waals surface area (Å²) in [6, 6.07) is -0.743. The van der Waals surface area contributed by atoms with Gasteiger partial charge in [-0.2, -0.15) is 0 Å². The lowest BCUT2D eigenvalue weighted by atomic mass is 10.0. The number of esters is 1. The Morgan fingerprint density at radius 1 is 0.463 bits per heavy atom. The maximum atomic E-state index is 13.2. The zero-order valence-electron chi connectivity index (χ0n) is 43.8. The van der Waals surface area contributed by atoms with Gasteiger partial charge in [0.15, 0.2) is 0 Å². The van der Waals surface area contributed by atoms with Gasteiger partial charge < -0.3 is 20.3 Å². The first-order valence-electron chi connectivity index (χ1n) is 28.0. The van der Waals surface area contributed by atoms with Crippen LogP contribution in [0.4, 0.5) is 0 Å². The summed E-state index contributed by atoms with van der Waals surface area (Å²) in [4.78, 5) is 26.2. The van der Waals surface area contributed by atoms with Crippen molar-refractivity contribution in [3.63, 3.8) is 0 Å². The van der Waals surface area contributed by atoms with Crippen LogP contribution in [0.2, 0.25) is 0 Å². The zero-order chi connectivity index (χ0) is 48.8. The highest BCUT2D eigenvalue weighted by Crippen LogP contribution is 2.16. The molecule has 3 N–H and O–H groups in total. The Morgan fingerprint density at radius 3 is 1.30 bits per heavy atom. The van der Waals surface area contributed by atoms with Crippen LogP contribution in [0.3, 0.4) is 0 Å². The van der Waals surface area contributed by atoms with Gasteiger partial charge >= 0.3 is 5.97 Å². The lowest BCUT2D eigenvalue weighted by Crippen LogP contribution is -2.46. The van der Waals surface area contributed by atoms with Gasteiger partial charge in [-0.1, -0.05) is 246 Å². The van der Waals surface area contributed by atoms with E-state index in [-0.39, 0.29) is 24.9 Å². The Balaban J connectivity index is 4.72. The molecule has 0 rings (SSSR count).